The highest BCUT2D eigenvalue weighted by molar-refractivity contribution is 6.12. The van der Waals surface area contributed by atoms with Crippen molar-refractivity contribution in [3.8, 4) is 0 Å². The first kappa shape index (κ1) is 28.7. The molecule has 1 atom stereocenters. The molecule has 0 spiro atoms. The molecule has 2 aliphatic rings. The third kappa shape index (κ3) is 5.76. The quantitative estimate of drug-likeness (QED) is 0.328. The number of carbonyl (C=O) groups excluding carboxylic acids is 3. The fourth-order valence-electron chi connectivity index (χ4n) is 5.91. The summed E-state index contributed by atoms with van der Waals surface area (Å²) in [4.78, 5) is 60.0. The Morgan fingerprint density at radius 2 is 1.30 bits per heavy atom. The molecule has 1 saturated heterocycles. The van der Waals surface area contributed by atoms with E-state index < -0.39 is 18.0 Å². The molecule has 9 nitrogen and oxygen atoms in total. The highest BCUT2D eigenvalue weighted by atomic mass is 16.4. The molecule has 2 aliphatic heterocycles. The maximum absolute atomic E-state index is 14.3. The van der Waals surface area contributed by atoms with Crippen molar-refractivity contribution in [2.24, 2.45) is 0 Å². The number of para-hydroxylation sites is 2. The van der Waals surface area contributed by atoms with Crippen molar-refractivity contribution in [1.29, 1.82) is 0 Å². The Kier molecular flexibility index (Phi) is 8.10. The van der Waals surface area contributed by atoms with Gasteiger partial charge in [0.1, 0.15) is 6.04 Å². The molecule has 0 bridgehead atoms. The molecule has 222 valence electrons. The SMILES string of the molecule is O=C1Cc2ccccc2N(C(=O)N2CCN(C(=O)N(Cc3ccccc3)Cc3ccccc3)C[C@H]2C(=O)O)c2ccccc21. The van der Waals surface area contributed by atoms with Crippen LogP contribution < -0.4 is 4.90 Å². The summed E-state index contributed by atoms with van der Waals surface area (Å²) < 4.78 is 0. The van der Waals surface area contributed by atoms with Gasteiger partial charge in [-0.3, -0.25) is 9.69 Å². The number of hydrogen-bond acceptors (Lipinski definition) is 4. The third-order valence-corrected chi connectivity index (χ3v) is 8.10. The molecular formula is C35H32N4O5. The Labute approximate surface area is 255 Å². The van der Waals surface area contributed by atoms with Gasteiger partial charge in [0.2, 0.25) is 0 Å². The number of piperazine rings is 1. The summed E-state index contributed by atoms with van der Waals surface area (Å²) in [5.74, 6) is -1.33. The van der Waals surface area contributed by atoms with E-state index in [2.05, 4.69) is 0 Å². The zero-order valence-electron chi connectivity index (χ0n) is 24.1. The lowest BCUT2D eigenvalue weighted by Gasteiger charge is -2.42. The van der Waals surface area contributed by atoms with Gasteiger partial charge in [0.15, 0.2) is 5.78 Å². The van der Waals surface area contributed by atoms with E-state index in [1.165, 1.54) is 14.7 Å². The maximum Gasteiger partial charge on any atom is 0.330 e. The van der Waals surface area contributed by atoms with E-state index >= 15 is 0 Å². The van der Waals surface area contributed by atoms with E-state index in [9.17, 15) is 24.3 Å². The van der Waals surface area contributed by atoms with Crippen molar-refractivity contribution in [3.63, 3.8) is 0 Å². The summed E-state index contributed by atoms with van der Waals surface area (Å²) in [6.07, 6.45) is 0.125. The number of carboxylic acid groups (broad SMARTS) is 1. The number of ketones is 1. The molecular weight excluding hydrogens is 556 g/mol. The predicted molar refractivity (Wildman–Crippen MR) is 166 cm³/mol. The van der Waals surface area contributed by atoms with Crippen LogP contribution in [0.4, 0.5) is 21.0 Å². The van der Waals surface area contributed by atoms with Crippen LogP contribution in [-0.4, -0.2) is 69.3 Å². The fourth-order valence-corrected chi connectivity index (χ4v) is 5.91. The molecule has 0 aliphatic carbocycles. The number of urea groups is 2. The number of carboxylic acids is 1. The summed E-state index contributed by atoms with van der Waals surface area (Å²) >= 11 is 0. The van der Waals surface area contributed by atoms with Crippen LogP contribution in [-0.2, 0) is 24.3 Å². The van der Waals surface area contributed by atoms with Crippen molar-refractivity contribution in [2.75, 3.05) is 24.5 Å². The summed E-state index contributed by atoms with van der Waals surface area (Å²) in [6, 6.07) is 31.2. The van der Waals surface area contributed by atoms with Gasteiger partial charge in [-0.1, -0.05) is 91.0 Å². The predicted octanol–water partition coefficient (Wildman–Crippen LogP) is 5.58. The fraction of sp³-hybridized carbons (Fsp3) is 0.200. The zero-order valence-corrected chi connectivity index (χ0v) is 24.1. The Morgan fingerprint density at radius 3 is 1.93 bits per heavy atom. The van der Waals surface area contributed by atoms with E-state index in [0.29, 0.717) is 35.6 Å². The highest BCUT2D eigenvalue weighted by Crippen LogP contribution is 2.37. The molecule has 0 aromatic heterocycles. The first-order valence-electron chi connectivity index (χ1n) is 14.6. The first-order chi connectivity index (χ1) is 21.4. The largest absolute Gasteiger partial charge is 0.480 e. The lowest BCUT2D eigenvalue weighted by molar-refractivity contribution is -0.143. The number of nitrogens with zero attached hydrogens (tertiary/aromatic N) is 4. The van der Waals surface area contributed by atoms with Crippen LogP contribution >= 0.6 is 0 Å². The second-order valence-corrected chi connectivity index (χ2v) is 11.0. The smallest absolute Gasteiger partial charge is 0.330 e. The number of carbonyl (C=O) groups is 4. The topological polar surface area (TPSA) is 101 Å². The minimum absolute atomic E-state index is 0.0147. The van der Waals surface area contributed by atoms with E-state index in [0.717, 1.165) is 11.1 Å². The van der Waals surface area contributed by atoms with Gasteiger partial charge in [0.25, 0.3) is 0 Å². The minimum Gasteiger partial charge on any atom is -0.480 e. The highest BCUT2D eigenvalue weighted by Gasteiger charge is 2.42. The maximum atomic E-state index is 14.3. The summed E-state index contributed by atoms with van der Waals surface area (Å²) in [5, 5.41) is 10.3. The number of fused-ring (bicyclic) bond motifs is 2. The Bertz CT molecular complexity index is 1650. The molecule has 1 fully saturated rings. The van der Waals surface area contributed by atoms with Crippen LogP contribution in [0.1, 0.15) is 27.0 Å². The van der Waals surface area contributed by atoms with Crippen molar-refractivity contribution in [2.45, 2.75) is 25.6 Å². The average molecular weight is 589 g/mol. The van der Waals surface area contributed by atoms with Gasteiger partial charge in [0, 0.05) is 38.2 Å². The lowest BCUT2D eigenvalue weighted by atomic mass is 10.0. The molecule has 6 rings (SSSR count). The summed E-state index contributed by atoms with van der Waals surface area (Å²) in [7, 11) is 0. The van der Waals surface area contributed by atoms with E-state index in [1.807, 2.05) is 66.7 Å². The van der Waals surface area contributed by atoms with Crippen LogP contribution in [0.5, 0.6) is 0 Å². The van der Waals surface area contributed by atoms with Crippen molar-refractivity contribution >= 4 is 35.2 Å². The summed E-state index contributed by atoms with van der Waals surface area (Å²) in [6.45, 7) is 0.697. The summed E-state index contributed by atoms with van der Waals surface area (Å²) in [5.41, 5.74) is 3.93. The van der Waals surface area contributed by atoms with Gasteiger partial charge >= 0.3 is 18.0 Å². The van der Waals surface area contributed by atoms with Gasteiger partial charge < -0.3 is 19.8 Å². The molecule has 4 aromatic rings. The molecule has 0 radical (unpaired) electrons. The number of rotatable bonds is 5. The number of anilines is 2. The van der Waals surface area contributed by atoms with Gasteiger partial charge in [-0.2, -0.15) is 0 Å². The van der Waals surface area contributed by atoms with Crippen molar-refractivity contribution in [3.05, 3.63) is 131 Å². The van der Waals surface area contributed by atoms with E-state index in [4.69, 9.17) is 0 Å². The Morgan fingerprint density at radius 1 is 0.727 bits per heavy atom. The molecule has 2 heterocycles. The lowest BCUT2D eigenvalue weighted by Crippen LogP contribution is -2.62. The number of hydrogen-bond donors (Lipinski definition) is 1. The van der Waals surface area contributed by atoms with Gasteiger partial charge in [-0.05, 0) is 34.9 Å². The first-order valence-corrected chi connectivity index (χ1v) is 14.6. The second-order valence-electron chi connectivity index (χ2n) is 11.0. The molecule has 1 N–H and O–H groups in total. The molecule has 0 saturated carbocycles. The second kappa shape index (κ2) is 12.4. The van der Waals surface area contributed by atoms with E-state index in [-0.39, 0.29) is 37.9 Å². The number of benzene rings is 4. The number of aliphatic carboxylic acids is 1. The van der Waals surface area contributed by atoms with E-state index in [1.54, 1.807) is 47.4 Å². The Hall–Kier alpha value is -5.44. The van der Waals surface area contributed by atoms with Crippen LogP contribution in [0, 0.1) is 0 Å². The van der Waals surface area contributed by atoms with Crippen molar-refractivity contribution in [1.82, 2.24) is 14.7 Å². The van der Waals surface area contributed by atoms with Crippen LogP contribution in [0.15, 0.2) is 109 Å². The molecule has 9 heteroatoms. The molecule has 44 heavy (non-hydrogen) atoms. The van der Waals surface area contributed by atoms with Crippen LogP contribution in [0.3, 0.4) is 0 Å². The average Bonchev–Trinajstić information content (AvgIpc) is 3.18. The van der Waals surface area contributed by atoms with Crippen LogP contribution in [0.2, 0.25) is 0 Å². The molecule has 0 unspecified atom stereocenters. The van der Waals surface area contributed by atoms with Gasteiger partial charge in [0.05, 0.1) is 17.9 Å². The normalized spacial score (nSPS) is 16.0. The number of amides is 4. The zero-order chi connectivity index (χ0) is 30.6. The monoisotopic (exact) mass is 588 g/mol. The molecule has 4 amide bonds. The standard InChI is InChI=1S/C35H32N4O5/c40-32-21-27-15-7-9-17-29(27)39(30-18-10-8-16-28(30)32)35(44)38-20-19-36(24-31(38)33(41)42)34(43)37(22-25-11-3-1-4-12-25)23-26-13-5-2-6-14-26/h1-18,31H,19-24H2,(H,41,42)/t31-/m0/s1. The van der Waals surface area contributed by atoms with Gasteiger partial charge in [-0.15, -0.1) is 0 Å². The third-order valence-electron chi connectivity index (χ3n) is 8.10. The van der Waals surface area contributed by atoms with Crippen LogP contribution in [0.25, 0.3) is 0 Å². The Balaban J connectivity index is 1.28. The molecule has 4 aromatic carbocycles. The van der Waals surface area contributed by atoms with Crippen molar-refractivity contribution < 1.29 is 24.3 Å². The minimum atomic E-state index is -1.28. The number of Topliss-reactive ketones (excluding diaryl/α,β-unsaturated/α-hetero) is 1. The van der Waals surface area contributed by atoms with Gasteiger partial charge in [-0.25, -0.2) is 14.4 Å².